The van der Waals surface area contributed by atoms with E-state index in [9.17, 15) is 4.79 Å². The Morgan fingerprint density at radius 3 is 2.27 bits per heavy atom. The molecule has 64 valence electrons. The van der Waals surface area contributed by atoms with E-state index in [0.29, 0.717) is 5.78 Å². The van der Waals surface area contributed by atoms with E-state index in [1.54, 1.807) is 0 Å². The van der Waals surface area contributed by atoms with Crippen LogP contribution in [-0.2, 0) is 4.79 Å². The van der Waals surface area contributed by atoms with Gasteiger partial charge in [-0.15, -0.1) is 0 Å². The SMILES string of the molecule is C/C=C/C[C@@H](C)C(=O)C(C)C. The lowest BCUT2D eigenvalue weighted by Crippen LogP contribution is -2.16. The highest BCUT2D eigenvalue weighted by molar-refractivity contribution is 5.82. The number of allylic oxidation sites excluding steroid dienone is 2. The van der Waals surface area contributed by atoms with Crippen molar-refractivity contribution < 1.29 is 4.79 Å². The van der Waals surface area contributed by atoms with Crippen molar-refractivity contribution in [2.45, 2.75) is 34.1 Å². The molecule has 0 spiro atoms. The van der Waals surface area contributed by atoms with Crippen LogP contribution in [0.1, 0.15) is 34.1 Å². The first-order valence-electron chi connectivity index (χ1n) is 4.24. The minimum atomic E-state index is 0.176. The number of Topliss-reactive ketones (excluding diaryl/α,β-unsaturated/α-hetero) is 1. The minimum absolute atomic E-state index is 0.176. The maximum atomic E-state index is 11.3. The maximum absolute atomic E-state index is 11.3. The second-order valence-electron chi connectivity index (χ2n) is 3.26. The molecule has 0 rings (SSSR count). The van der Waals surface area contributed by atoms with Crippen molar-refractivity contribution in [1.82, 2.24) is 0 Å². The Balaban J connectivity index is 3.83. The van der Waals surface area contributed by atoms with Gasteiger partial charge in [0.1, 0.15) is 5.78 Å². The molecule has 1 heteroatoms. The fraction of sp³-hybridized carbons (Fsp3) is 0.700. The molecule has 11 heavy (non-hydrogen) atoms. The Kier molecular flexibility index (Phi) is 4.84. The molecule has 0 unspecified atom stereocenters. The van der Waals surface area contributed by atoms with Crippen LogP contribution in [0.2, 0.25) is 0 Å². The fourth-order valence-electron chi connectivity index (χ4n) is 1.03. The van der Waals surface area contributed by atoms with Crippen molar-refractivity contribution in [1.29, 1.82) is 0 Å². The van der Waals surface area contributed by atoms with E-state index in [-0.39, 0.29) is 11.8 Å². The van der Waals surface area contributed by atoms with Crippen LogP contribution < -0.4 is 0 Å². The molecule has 0 heterocycles. The molecular weight excluding hydrogens is 136 g/mol. The van der Waals surface area contributed by atoms with Gasteiger partial charge in [-0.2, -0.15) is 0 Å². The number of carbonyl (C=O) groups excluding carboxylic acids is 1. The van der Waals surface area contributed by atoms with Crippen molar-refractivity contribution >= 4 is 5.78 Å². The molecular formula is C10H18O. The average molecular weight is 154 g/mol. The molecule has 0 saturated heterocycles. The lowest BCUT2D eigenvalue weighted by molar-refractivity contribution is -0.125. The summed E-state index contributed by atoms with van der Waals surface area (Å²) in [7, 11) is 0. The number of rotatable bonds is 4. The van der Waals surface area contributed by atoms with Crippen molar-refractivity contribution in [3.63, 3.8) is 0 Å². The summed E-state index contributed by atoms with van der Waals surface area (Å²) < 4.78 is 0. The Bertz CT molecular complexity index is 145. The summed E-state index contributed by atoms with van der Waals surface area (Å²) in [5, 5.41) is 0. The van der Waals surface area contributed by atoms with Crippen LogP contribution in [0.15, 0.2) is 12.2 Å². The zero-order valence-electron chi connectivity index (χ0n) is 7.92. The molecule has 0 aromatic rings. The predicted octanol–water partition coefficient (Wildman–Crippen LogP) is 2.81. The smallest absolute Gasteiger partial charge is 0.138 e. The molecule has 0 aliphatic rings. The Morgan fingerprint density at radius 1 is 1.36 bits per heavy atom. The van der Waals surface area contributed by atoms with E-state index in [1.807, 2.05) is 39.8 Å². The molecule has 1 atom stereocenters. The maximum Gasteiger partial charge on any atom is 0.138 e. The van der Waals surface area contributed by atoms with E-state index >= 15 is 0 Å². The molecule has 0 aromatic heterocycles. The first-order chi connectivity index (χ1) is 5.09. The van der Waals surface area contributed by atoms with E-state index in [2.05, 4.69) is 0 Å². The van der Waals surface area contributed by atoms with Crippen LogP contribution >= 0.6 is 0 Å². The number of hydrogen-bond acceptors (Lipinski definition) is 1. The molecule has 0 radical (unpaired) electrons. The minimum Gasteiger partial charge on any atom is -0.299 e. The van der Waals surface area contributed by atoms with Gasteiger partial charge in [-0.25, -0.2) is 0 Å². The zero-order valence-corrected chi connectivity index (χ0v) is 7.92. The quantitative estimate of drug-likeness (QED) is 0.569. The van der Waals surface area contributed by atoms with Gasteiger partial charge in [-0.1, -0.05) is 32.9 Å². The average Bonchev–Trinajstić information content (AvgIpc) is 1.98. The molecule has 1 nitrogen and oxygen atoms in total. The third kappa shape index (κ3) is 3.97. The van der Waals surface area contributed by atoms with Crippen LogP contribution in [0, 0.1) is 11.8 Å². The molecule has 0 aromatic carbocycles. The largest absolute Gasteiger partial charge is 0.299 e. The summed E-state index contributed by atoms with van der Waals surface area (Å²) in [4.78, 5) is 11.3. The van der Waals surface area contributed by atoms with Crippen LogP contribution in [0.25, 0.3) is 0 Å². The van der Waals surface area contributed by atoms with Crippen LogP contribution in [0.3, 0.4) is 0 Å². The van der Waals surface area contributed by atoms with E-state index in [4.69, 9.17) is 0 Å². The lowest BCUT2D eigenvalue weighted by Gasteiger charge is -2.09. The molecule has 0 aliphatic carbocycles. The van der Waals surface area contributed by atoms with E-state index < -0.39 is 0 Å². The van der Waals surface area contributed by atoms with Crippen molar-refractivity contribution in [2.24, 2.45) is 11.8 Å². The summed E-state index contributed by atoms with van der Waals surface area (Å²) in [6.45, 7) is 7.87. The summed E-state index contributed by atoms with van der Waals surface area (Å²) >= 11 is 0. The number of carbonyl (C=O) groups is 1. The molecule has 0 aliphatic heterocycles. The van der Waals surface area contributed by atoms with Crippen LogP contribution in [0.4, 0.5) is 0 Å². The highest BCUT2D eigenvalue weighted by atomic mass is 16.1. The second-order valence-corrected chi connectivity index (χ2v) is 3.26. The number of ketones is 1. The van der Waals surface area contributed by atoms with Crippen LogP contribution in [0.5, 0.6) is 0 Å². The lowest BCUT2D eigenvalue weighted by atomic mass is 9.94. The third-order valence-corrected chi connectivity index (χ3v) is 1.78. The van der Waals surface area contributed by atoms with Gasteiger partial charge in [0, 0.05) is 11.8 Å². The number of hydrogen-bond donors (Lipinski definition) is 0. The molecule has 0 amide bonds. The van der Waals surface area contributed by atoms with Crippen molar-refractivity contribution in [2.75, 3.05) is 0 Å². The van der Waals surface area contributed by atoms with E-state index in [0.717, 1.165) is 6.42 Å². The molecule has 0 saturated carbocycles. The van der Waals surface area contributed by atoms with Gasteiger partial charge in [0.25, 0.3) is 0 Å². The second kappa shape index (κ2) is 5.11. The monoisotopic (exact) mass is 154 g/mol. The summed E-state index contributed by atoms with van der Waals surface area (Å²) in [5.74, 6) is 0.726. The van der Waals surface area contributed by atoms with Gasteiger partial charge >= 0.3 is 0 Å². The van der Waals surface area contributed by atoms with Gasteiger partial charge in [-0.3, -0.25) is 4.79 Å². The van der Waals surface area contributed by atoms with Crippen molar-refractivity contribution in [3.8, 4) is 0 Å². The van der Waals surface area contributed by atoms with Gasteiger partial charge in [-0.05, 0) is 13.3 Å². The van der Waals surface area contributed by atoms with Gasteiger partial charge in [0.15, 0.2) is 0 Å². The Morgan fingerprint density at radius 2 is 1.91 bits per heavy atom. The predicted molar refractivity (Wildman–Crippen MR) is 48.4 cm³/mol. The molecule has 0 fully saturated rings. The van der Waals surface area contributed by atoms with E-state index in [1.165, 1.54) is 0 Å². The van der Waals surface area contributed by atoms with Gasteiger partial charge < -0.3 is 0 Å². The molecule has 0 N–H and O–H groups in total. The summed E-state index contributed by atoms with van der Waals surface area (Å²) in [6.07, 6.45) is 4.92. The van der Waals surface area contributed by atoms with Crippen LogP contribution in [-0.4, -0.2) is 5.78 Å². The standard InChI is InChI=1S/C10H18O/c1-5-6-7-9(4)10(11)8(2)3/h5-6,8-9H,7H2,1-4H3/b6-5+/t9-/m1/s1. The normalized spacial score (nSPS) is 14.3. The fourth-order valence-corrected chi connectivity index (χ4v) is 1.03. The Labute approximate surface area is 69.5 Å². The van der Waals surface area contributed by atoms with Gasteiger partial charge in [0.2, 0.25) is 0 Å². The van der Waals surface area contributed by atoms with Gasteiger partial charge in [0.05, 0.1) is 0 Å². The first kappa shape index (κ1) is 10.4. The molecule has 0 bridgehead atoms. The zero-order chi connectivity index (χ0) is 8.85. The topological polar surface area (TPSA) is 17.1 Å². The summed E-state index contributed by atoms with van der Waals surface area (Å²) in [5.41, 5.74) is 0. The highest BCUT2D eigenvalue weighted by Crippen LogP contribution is 2.10. The third-order valence-electron chi connectivity index (χ3n) is 1.78. The highest BCUT2D eigenvalue weighted by Gasteiger charge is 2.14. The Hall–Kier alpha value is -0.590. The summed E-state index contributed by atoms with van der Waals surface area (Å²) in [6, 6.07) is 0. The van der Waals surface area contributed by atoms with Crippen molar-refractivity contribution in [3.05, 3.63) is 12.2 Å². The first-order valence-corrected chi connectivity index (χ1v) is 4.24.